The van der Waals surface area contributed by atoms with Gasteiger partial charge in [0.15, 0.2) is 11.5 Å². The average molecular weight is 607 g/mol. The second-order valence-electron chi connectivity index (χ2n) is 9.93. The minimum atomic E-state index is -1.40. The van der Waals surface area contributed by atoms with Gasteiger partial charge in [0, 0.05) is 24.8 Å². The Morgan fingerprint density at radius 3 is 1.98 bits per heavy atom. The van der Waals surface area contributed by atoms with E-state index in [-0.39, 0.29) is 42.1 Å². The molecule has 0 aliphatic carbocycles. The molecule has 3 rings (SSSR count). The van der Waals surface area contributed by atoms with Gasteiger partial charge in [-0.05, 0) is 47.9 Å². The maximum atomic E-state index is 13.6. The Bertz CT molecular complexity index is 1480. The van der Waals surface area contributed by atoms with Crippen LogP contribution in [0.1, 0.15) is 34.3 Å². The molecule has 0 heterocycles. The first kappa shape index (κ1) is 32.9. The summed E-state index contributed by atoms with van der Waals surface area (Å²) in [5.74, 6) is -4.59. The van der Waals surface area contributed by atoms with Gasteiger partial charge in [-0.2, -0.15) is 0 Å². The van der Waals surface area contributed by atoms with E-state index in [1.165, 1.54) is 37.4 Å². The van der Waals surface area contributed by atoms with Gasteiger partial charge < -0.3 is 41.7 Å². The lowest BCUT2D eigenvalue weighted by molar-refractivity contribution is -0.138. The summed E-state index contributed by atoms with van der Waals surface area (Å²) in [7, 11) is 1.31. The number of hydrogen-bond acceptors (Lipinski definition) is 8. The predicted octanol–water partition coefficient (Wildman–Crippen LogP) is 1.01. The number of primary amides is 1. The predicted molar refractivity (Wildman–Crippen MR) is 158 cm³/mol. The van der Waals surface area contributed by atoms with Crippen molar-refractivity contribution in [3.8, 4) is 17.2 Å². The molecular weight excluding hydrogens is 572 g/mol. The average Bonchev–Trinajstić information content (AvgIpc) is 2.99. The summed E-state index contributed by atoms with van der Waals surface area (Å²) < 4.78 is 5.05. The molecule has 3 atom stereocenters. The van der Waals surface area contributed by atoms with E-state index in [0.717, 1.165) is 0 Å². The molecule has 232 valence electrons. The first-order chi connectivity index (χ1) is 21.0. The maximum Gasteiger partial charge on any atom is 0.303 e. The van der Waals surface area contributed by atoms with Gasteiger partial charge in [-0.1, -0.05) is 42.5 Å². The third-order valence-electron chi connectivity index (χ3n) is 6.66. The van der Waals surface area contributed by atoms with Crippen molar-refractivity contribution >= 4 is 29.6 Å². The molecule has 44 heavy (non-hydrogen) atoms. The molecule has 3 aromatic carbocycles. The molecule has 0 fully saturated rings. The van der Waals surface area contributed by atoms with Crippen molar-refractivity contribution in [2.75, 3.05) is 7.11 Å². The molecule has 0 aliphatic rings. The third kappa shape index (κ3) is 9.76. The van der Waals surface area contributed by atoms with E-state index in [0.29, 0.717) is 11.1 Å². The van der Waals surface area contributed by atoms with Crippen LogP contribution in [0.25, 0.3) is 0 Å². The number of aromatic hydroxyl groups is 2. The number of hydrogen-bond donors (Lipinski definition) is 7. The monoisotopic (exact) mass is 606 g/mol. The highest BCUT2D eigenvalue weighted by Gasteiger charge is 2.30. The molecule has 0 aromatic heterocycles. The summed E-state index contributed by atoms with van der Waals surface area (Å²) in [5, 5.41) is 36.4. The molecule has 13 nitrogen and oxygen atoms in total. The third-order valence-corrected chi connectivity index (χ3v) is 6.66. The highest BCUT2D eigenvalue weighted by Crippen LogP contribution is 2.26. The summed E-state index contributed by atoms with van der Waals surface area (Å²) >= 11 is 0. The van der Waals surface area contributed by atoms with Crippen LogP contribution in [0.3, 0.4) is 0 Å². The zero-order valence-electron chi connectivity index (χ0n) is 23.9. The highest BCUT2D eigenvalue weighted by molar-refractivity contribution is 5.99. The SMILES string of the molecule is COc1cc(C(=O)N[C@@H](Cc2ccc(O)cc2)C(=O)N[C@@H](CCC(=O)O)C(=O)N[C@@H](Cc2ccccc2)C(N)=O)ccc1O. The number of methoxy groups -OCH3 is 1. The first-order valence-corrected chi connectivity index (χ1v) is 13.6. The highest BCUT2D eigenvalue weighted by atomic mass is 16.5. The maximum absolute atomic E-state index is 13.6. The second kappa shape index (κ2) is 15.6. The number of carboxylic acid groups (broad SMARTS) is 1. The van der Waals surface area contributed by atoms with Crippen LogP contribution < -0.4 is 26.4 Å². The van der Waals surface area contributed by atoms with E-state index in [1.54, 1.807) is 42.5 Å². The zero-order valence-corrected chi connectivity index (χ0v) is 23.9. The van der Waals surface area contributed by atoms with Crippen LogP contribution >= 0.6 is 0 Å². The van der Waals surface area contributed by atoms with E-state index in [4.69, 9.17) is 10.5 Å². The topological polar surface area (TPSA) is 217 Å². The van der Waals surface area contributed by atoms with Crippen molar-refractivity contribution in [2.45, 2.75) is 43.8 Å². The van der Waals surface area contributed by atoms with Crippen LogP contribution in [0.15, 0.2) is 72.8 Å². The number of aliphatic carboxylic acids is 1. The number of amides is 4. The number of nitrogens with two attached hydrogens (primary N) is 1. The minimum absolute atomic E-state index is 0.0140. The number of carboxylic acids is 1. The van der Waals surface area contributed by atoms with E-state index in [9.17, 15) is 39.3 Å². The van der Waals surface area contributed by atoms with Gasteiger partial charge in [-0.25, -0.2) is 0 Å². The van der Waals surface area contributed by atoms with Gasteiger partial charge in [-0.15, -0.1) is 0 Å². The number of ether oxygens (including phenoxy) is 1. The lowest BCUT2D eigenvalue weighted by atomic mass is 10.0. The fourth-order valence-electron chi connectivity index (χ4n) is 4.29. The lowest BCUT2D eigenvalue weighted by Crippen LogP contribution is -2.57. The van der Waals surface area contributed by atoms with Crippen LogP contribution in [-0.4, -0.2) is 70.2 Å². The Morgan fingerprint density at radius 2 is 1.36 bits per heavy atom. The summed E-state index contributed by atoms with van der Waals surface area (Å²) in [6.07, 6.45) is -0.811. The van der Waals surface area contributed by atoms with Gasteiger partial charge in [0.1, 0.15) is 23.9 Å². The normalized spacial score (nSPS) is 12.7. The number of nitrogens with one attached hydrogen (secondary N) is 3. The quantitative estimate of drug-likeness (QED) is 0.131. The summed E-state index contributed by atoms with van der Waals surface area (Å²) in [6, 6.07) is 14.7. The Balaban J connectivity index is 1.84. The van der Waals surface area contributed by atoms with Gasteiger partial charge in [-0.3, -0.25) is 24.0 Å². The Labute approximate surface area is 253 Å². The van der Waals surface area contributed by atoms with Crippen molar-refractivity contribution in [3.05, 3.63) is 89.5 Å². The molecule has 0 unspecified atom stereocenters. The fourth-order valence-corrected chi connectivity index (χ4v) is 4.29. The molecule has 3 aromatic rings. The molecule has 0 bridgehead atoms. The standard InChI is InChI=1S/C31H34N4O9/c1-44-26-17-20(9-13-25(26)37)29(41)35-24(16-19-7-10-21(36)11-8-19)31(43)33-22(12-14-27(38)39)30(42)34-23(28(32)40)15-18-5-3-2-4-6-18/h2-11,13,17,22-24,36-37H,12,14-16H2,1H3,(H2,32,40)(H,33,43)(H,34,42)(H,35,41)(H,38,39)/t22-,23-,24-/m0/s1. The van der Waals surface area contributed by atoms with Crippen LogP contribution in [0.4, 0.5) is 0 Å². The van der Waals surface area contributed by atoms with Gasteiger partial charge in [0.2, 0.25) is 17.7 Å². The molecule has 0 saturated heterocycles. The largest absolute Gasteiger partial charge is 0.508 e. The molecule has 0 radical (unpaired) electrons. The van der Waals surface area contributed by atoms with Crippen LogP contribution in [0.2, 0.25) is 0 Å². The smallest absolute Gasteiger partial charge is 0.303 e. The molecule has 0 saturated carbocycles. The van der Waals surface area contributed by atoms with Crippen LogP contribution in [0.5, 0.6) is 17.2 Å². The molecule has 0 spiro atoms. The summed E-state index contributed by atoms with van der Waals surface area (Å²) in [4.78, 5) is 63.5. The molecule has 8 N–H and O–H groups in total. The van der Waals surface area contributed by atoms with Crippen LogP contribution in [-0.2, 0) is 32.0 Å². The molecule has 0 aliphatic heterocycles. The van der Waals surface area contributed by atoms with Crippen molar-refractivity contribution in [2.24, 2.45) is 5.73 Å². The van der Waals surface area contributed by atoms with Gasteiger partial charge in [0.05, 0.1) is 7.11 Å². The van der Waals surface area contributed by atoms with E-state index in [1.807, 2.05) is 0 Å². The fraction of sp³-hybridized carbons (Fsp3) is 0.258. The lowest BCUT2D eigenvalue weighted by Gasteiger charge is -2.25. The Kier molecular flexibility index (Phi) is 11.7. The van der Waals surface area contributed by atoms with Crippen molar-refractivity contribution in [1.82, 2.24) is 16.0 Å². The Hall–Kier alpha value is -5.59. The zero-order chi connectivity index (χ0) is 32.2. The molecule has 13 heteroatoms. The number of rotatable bonds is 15. The number of carbonyl (C=O) groups excluding carboxylic acids is 4. The van der Waals surface area contributed by atoms with E-state index >= 15 is 0 Å². The Morgan fingerprint density at radius 1 is 0.773 bits per heavy atom. The number of benzene rings is 3. The van der Waals surface area contributed by atoms with E-state index in [2.05, 4.69) is 16.0 Å². The molecule has 4 amide bonds. The summed E-state index contributed by atoms with van der Waals surface area (Å²) in [5.41, 5.74) is 6.84. The first-order valence-electron chi connectivity index (χ1n) is 13.6. The van der Waals surface area contributed by atoms with Crippen molar-refractivity contribution in [1.29, 1.82) is 0 Å². The van der Waals surface area contributed by atoms with E-state index < -0.39 is 54.1 Å². The van der Waals surface area contributed by atoms with Crippen LogP contribution in [0, 0.1) is 0 Å². The summed E-state index contributed by atoms with van der Waals surface area (Å²) in [6.45, 7) is 0. The molecular formula is C31H34N4O9. The number of phenolic OH excluding ortho intramolecular Hbond substituents is 2. The van der Waals surface area contributed by atoms with Crippen molar-refractivity contribution < 1.29 is 44.0 Å². The number of phenols is 2. The second-order valence-corrected chi connectivity index (χ2v) is 9.93. The minimum Gasteiger partial charge on any atom is -0.508 e. The van der Waals surface area contributed by atoms with Crippen molar-refractivity contribution in [3.63, 3.8) is 0 Å². The van der Waals surface area contributed by atoms with Gasteiger partial charge >= 0.3 is 5.97 Å². The number of carbonyl (C=O) groups is 5. The van der Waals surface area contributed by atoms with Gasteiger partial charge in [0.25, 0.3) is 5.91 Å².